The second kappa shape index (κ2) is 5.19. The number of nitrogen functional groups attached to an aromatic ring is 1. The summed E-state index contributed by atoms with van der Waals surface area (Å²) in [5.41, 5.74) is 6.97. The van der Waals surface area contributed by atoms with E-state index in [1.165, 1.54) is 0 Å². The number of hydrogen-bond acceptors (Lipinski definition) is 4. The minimum Gasteiger partial charge on any atom is -0.482 e. The van der Waals surface area contributed by atoms with E-state index in [1.807, 2.05) is 13.8 Å². The van der Waals surface area contributed by atoms with Crippen LogP contribution in [0.5, 0.6) is 5.75 Å². The molecule has 1 aromatic rings. The van der Waals surface area contributed by atoms with Crippen molar-refractivity contribution in [3.63, 3.8) is 0 Å². The second-order valence-corrected chi connectivity index (χ2v) is 5.00. The van der Waals surface area contributed by atoms with Gasteiger partial charge in [0.1, 0.15) is 5.75 Å². The van der Waals surface area contributed by atoms with E-state index in [-0.39, 0.29) is 24.3 Å². The van der Waals surface area contributed by atoms with E-state index in [2.05, 4.69) is 6.07 Å². The molecule has 0 aliphatic carbocycles. The van der Waals surface area contributed by atoms with Gasteiger partial charge in [0.25, 0.3) is 5.91 Å². The van der Waals surface area contributed by atoms with Crippen LogP contribution in [0.4, 0.5) is 11.4 Å². The molecular weight excluding hydrogens is 242 g/mol. The highest BCUT2D eigenvalue weighted by atomic mass is 16.5. The molecule has 100 valence electrons. The van der Waals surface area contributed by atoms with Crippen LogP contribution < -0.4 is 15.4 Å². The monoisotopic (exact) mass is 259 g/mol. The number of fused-ring (bicyclic) bond motifs is 1. The van der Waals surface area contributed by atoms with E-state index in [9.17, 15) is 10.1 Å². The zero-order valence-electron chi connectivity index (χ0n) is 11.1. The van der Waals surface area contributed by atoms with Gasteiger partial charge in [-0.1, -0.05) is 13.8 Å². The molecule has 0 radical (unpaired) electrons. The summed E-state index contributed by atoms with van der Waals surface area (Å²) >= 11 is 0. The smallest absolute Gasteiger partial charge is 0.265 e. The molecule has 5 nitrogen and oxygen atoms in total. The Bertz CT molecular complexity index is 534. The predicted octanol–water partition coefficient (Wildman–Crippen LogP) is 1.79. The third kappa shape index (κ3) is 2.63. The van der Waals surface area contributed by atoms with Crippen LogP contribution >= 0.6 is 0 Å². The number of nitrogens with two attached hydrogens (primary N) is 1. The topological polar surface area (TPSA) is 79.3 Å². The van der Waals surface area contributed by atoms with Crippen molar-refractivity contribution in [3.8, 4) is 11.8 Å². The number of nitrogens with zero attached hydrogens (tertiary/aromatic N) is 2. The van der Waals surface area contributed by atoms with Crippen LogP contribution in [0.1, 0.15) is 13.8 Å². The lowest BCUT2D eigenvalue weighted by atomic mass is 9.96. The van der Waals surface area contributed by atoms with E-state index in [4.69, 9.17) is 10.5 Å². The van der Waals surface area contributed by atoms with Gasteiger partial charge in [-0.3, -0.25) is 4.79 Å². The van der Waals surface area contributed by atoms with Crippen molar-refractivity contribution < 1.29 is 9.53 Å². The first-order chi connectivity index (χ1) is 9.02. The maximum absolute atomic E-state index is 12.0. The highest BCUT2D eigenvalue weighted by Gasteiger charge is 2.28. The Morgan fingerprint density at radius 3 is 2.89 bits per heavy atom. The maximum atomic E-state index is 12.0. The number of hydrogen-bond donors (Lipinski definition) is 1. The van der Waals surface area contributed by atoms with Gasteiger partial charge in [-0.2, -0.15) is 5.26 Å². The molecule has 0 fully saturated rings. The minimum atomic E-state index is -0.212. The van der Waals surface area contributed by atoms with Crippen LogP contribution in [-0.2, 0) is 4.79 Å². The first kappa shape index (κ1) is 13.2. The number of carbonyl (C=O) groups is 1. The highest BCUT2D eigenvalue weighted by Crippen LogP contribution is 2.34. The summed E-state index contributed by atoms with van der Waals surface area (Å²) in [6.45, 7) is 4.32. The summed E-state index contributed by atoms with van der Waals surface area (Å²) in [4.78, 5) is 13.6. The Morgan fingerprint density at radius 1 is 1.53 bits per heavy atom. The van der Waals surface area contributed by atoms with Gasteiger partial charge in [-0.05, 0) is 24.1 Å². The molecule has 0 saturated carbocycles. The molecule has 0 spiro atoms. The summed E-state index contributed by atoms with van der Waals surface area (Å²) in [5.74, 6) is 0.467. The van der Waals surface area contributed by atoms with Crippen molar-refractivity contribution in [2.75, 3.05) is 23.8 Å². The number of anilines is 2. The zero-order chi connectivity index (χ0) is 14.0. The van der Waals surface area contributed by atoms with E-state index in [0.29, 0.717) is 23.7 Å². The number of carbonyl (C=O) groups excluding carboxylic acids is 1. The Hall–Kier alpha value is -2.22. The fourth-order valence-electron chi connectivity index (χ4n) is 2.02. The average Bonchev–Trinajstić information content (AvgIpc) is 2.37. The Labute approximate surface area is 112 Å². The minimum absolute atomic E-state index is 0.00711. The van der Waals surface area contributed by atoms with Gasteiger partial charge in [0.15, 0.2) is 6.61 Å². The zero-order valence-corrected chi connectivity index (χ0v) is 11.1. The molecule has 1 unspecified atom stereocenters. The summed E-state index contributed by atoms with van der Waals surface area (Å²) in [6, 6.07) is 7.44. The van der Waals surface area contributed by atoms with Gasteiger partial charge in [0, 0.05) is 12.2 Å². The van der Waals surface area contributed by atoms with Crippen LogP contribution in [0.15, 0.2) is 18.2 Å². The molecule has 0 saturated heterocycles. The maximum Gasteiger partial charge on any atom is 0.265 e. The molecular formula is C14H17N3O2. The van der Waals surface area contributed by atoms with Gasteiger partial charge in [-0.25, -0.2) is 0 Å². The van der Waals surface area contributed by atoms with Crippen molar-refractivity contribution in [3.05, 3.63) is 18.2 Å². The molecule has 1 aromatic carbocycles. The van der Waals surface area contributed by atoms with Crippen LogP contribution in [0.2, 0.25) is 0 Å². The molecule has 5 heteroatoms. The molecule has 2 rings (SSSR count). The highest BCUT2D eigenvalue weighted by molar-refractivity contribution is 5.98. The molecule has 1 amide bonds. The SMILES string of the molecule is CC(C)C(C#N)CN1C(=O)COc2ccc(N)cc21. The molecule has 1 aliphatic heterocycles. The van der Waals surface area contributed by atoms with Crippen LogP contribution in [0.3, 0.4) is 0 Å². The number of amides is 1. The van der Waals surface area contributed by atoms with Gasteiger partial charge >= 0.3 is 0 Å². The molecule has 19 heavy (non-hydrogen) atoms. The standard InChI is InChI=1S/C14H17N3O2/c1-9(2)10(6-15)7-17-12-5-11(16)3-4-13(12)19-8-14(17)18/h3-5,9-10H,7-8,16H2,1-2H3. The van der Waals surface area contributed by atoms with Gasteiger partial charge in [0.05, 0.1) is 17.7 Å². The van der Waals surface area contributed by atoms with Gasteiger partial charge < -0.3 is 15.4 Å². The van der Waals surface area contributed by atoms with Gasteiger partial charge in [-0.15, -0.1) is 0 Å². The molecule has 1 heterocycles. The first-order valence-electron chi connectivity index (χ1n) is 6.25. The normalized spacial score (nSPS) is 15.7. The van der Waals surface area contributed by atoms with Crippen molar-refractivity contribution in [1.29, 1.82) is 5.26 Å². The number of rotatable bonds is 3. The summed E-state index contributed by atoms with van der Waals surface area (Å²) < 4.78 is 5.37. The van der Waals surface area contributed by atoms with Crippen molar-refractivity contribution in [1.82, 2.24) is 0 Å². The van der Waals surface area contributed by atoms with Crippen LogP contribution in [0, 0.1) is 23.2 Å². The molecule has 1 aliphatic rings. The van der Waals surface area contributed by atoms with Crippen molar-refractivity contribution in [2.24, 2.45) is 11.8 Å². The summed E-state index contributed by atoms with van der Waals surface area (Å²) in [5, 5.41) is 9.17. The Morgan fingerprint density at radius 2 is 2.26 bits per heavy atom. The molecule has 0 bridgehead atoms. The fourth-order valence-corrected chi connectivity index (χ4v) is 2.02. The summed E-state index contributed by atoms with van der Waals surface area (Å²) in [7, 11) is 0. The summed E-state index contributed by atoms with van der Waals surface area (Å²) in [6.07, 6.45) is 0. The average molecular weight is 259 g/mol. The van der Waals surface area contributed by atoms with Crippen molar-refractivity contribution >= 4 is 17.3 Å². The molecule has 0 aromatic heterocycles. The van der Waals surface area contributed by atoms with E-state index < -0.39 is 0 Å². The van der Waals surface area contributed by atoms with E-state index in [1.54, 1.807) is 23.1 Å². The predicted molar refractivity (Wildman–Crippen MR) is 72.6 cm³/mol. The third-order valence-electron chi connectivity index (χ3n) is 3.28. The fraction of sp³-hybridized carbons (Fsp3) is 0.429. The van der Waals surface area contributed by atoms with Gasteiger partial charge in [0.2, 0.25) is 0 Å². The Balaban J connectivity index is 2.33. The first-order valence-corrected chi connectivity index (χ1v) is 6.25. The molecule has 2 N–H and O–H groups in total. The lowest BCUT2D eigenvalue weighted by Gasteiger charge is -2.31. The Kier molecular flexibility index (Phi) is 3.61. The number of ether oxygens (including phenoxy) is 1. The molecule has 1 atom stereocenters. The number of nitriles is 1. The van der Waals surface area contributed by atoms with Crippen molar-refractivity contribution in [2.45, 2.75) is 13.8 Å². The number of benzene rings is 1. The lowest BCUT2D eigenvalue weighted by Crippen LogP contribution is -2.42. The van der Waals surface area contributed by atoms with Crippen LogP contribution in [-0.4, -0.2) is 19.1 Å². The second-order valence-electron chi connectivity index (χ2n) is 5.00. The quantitative estimate of drug-likeness (QED) is 0.839. The largest absolute Gasteiger partial charge is 0.482 e. The lowest BCUT2D eigenvalue weighted by molar-refractivity contribution is -0.121. The van der Waals surface area contributed by atoms with Crippen LogP contribution in [0.25, 0.3) is 0 Å². The third-order valence-corrected chi connectivity index (χ3v) is 3.28. The van der Waals surface area contributed by atoms with E-state index in [0.717, 1.165) is 0 Å². The van der Waals surface area contributed by atoms with E-state index >= 15 is 0 Å².